The SMILES string of the molecule is CC1CC(CN)CN1C(=O)C(Sc1ccccc1Cl)c1ccccc1. The first-order valence-electron chi connectivity index (χ1n) is 8.56. The first kappa shape index (κ1) is 18.3. The van der Waals surface area contributed by atoms with Crippen LogP contribution in [0, 0.1) is 5.92 Å². The molecule has 2 N–H and O–H groups in total. The molecule has 0 saturated carbocycles. The van der Waals surface area contributed by atoms with Crippen LogP contribution in [0.1, 0.15) is 24.2 Å². The molecule has 1 aliphatic rings. The summed E-state index contributed by atoms with van der Waals surface area (Å²) in [6.45, 7) is 3.47. The van der Waals surface area contributed by atoms with Crippen LogP contribution >= 0.6 is 23.4 Å². The molecule has 132 valence electrons. The molecule has 3 atom stereocenters. The monoisotopic (exact) mass is 374 g/mol. The van der Waals surface area contributed by atoms with Gasteiger partial charge in [0.2, 0.25) is 5.91 Å². The molecule has 3 nitrogen and oxygen atoms in total. The average molecular weight is 375 g/mol. The summed E-state index contributed by atoms with van der Waals surface area (Å²) in [6, 6.07) is 17.8. The second kappa shape index (κ2) is 8.26. The summed E-state index contributed by atoms with van der Waals surface area (Å²) in [5.41, 5.74) is 6.83. The van der Waals surface area contributed by atoms with Gasteiger partial charge in [0.25, 0.3) is 0 Å². The number of hydrogen-bond acceptors (Lipinski definition) is 3. The second-order valence-electron chi connectivity index (χ2n) is 6.52. The van der Waals surface area contributed by atoms with Gasteiger partial charge in [-0.3, -0.25) is 4.79 Å². The number of benzene rings is 2. The Bertz CT molecular complexity index is 725. The number of rotatable bonds is 5. The smallest absolute Gasteiger partial charge is 0.240 e. The lowest BCUT2D eigenvalue weighted by atomic mass is 10.1. The number of carbonyl (C=O) groups is 1. The molecule has 25 heavy (non-hydrogen) atoms. The highest BCUT2D eigenvalue weighted by Gasteiger charge is 2.36. The van der Waals surface area contributed by atoms with Crippen molar-refractivity contribution in [3.8, 4) is 0 Å². The topological polar surface area (TPSA) is 46.3 Å². The zero-order chi connectivity index (χ0) is 17.8. The molecular weight excluding hydrogens is 352 g/mol. The normalized spacial score (nSPS) is 21.3. The molecule has 3 unspecified atom stereocenters. The van der Waals surface area contributed by atoms with E-state index in [-0.39, 0.29) is 17.2 Å². The van der Waals surface area contributed by atoms with Crippen LogP contribution in [0.25, 0.3) is 0 Å². The quantitative estimate of drug-likeness (QED) is 0.790. The third kappa shape index (κ3) is 4.20. The van der Waals surface area contributed by atoms with Gasteiger partial charge in [-0.05, 0) is 43.5 Å². The Labute approximate surface area is 158 Å². The van der Waals surface area contributed by atoms with Crippen molar-refractivity contribution in [2.45, 2.75) is 29.5 Å². The van der Waals surface area contributed by atoms with Gasteiger partial charge >= 0.3 is 0 Å². The molecule has 1 heterocycles. The van der Waals surface area contributed by atoms with Gasteiger partial charge in [0.05, 0.1) is 5.02 Å². The molecule has 2 aromatic rings. The standard InChI is InChI=1S/C20H23ClN2OS/c1-14-11-15(12-22)13-23(14)20(24)19(16-7-3-2-4-8-16)25-18-10-6-5-9-17(18)21/h2-10,14-15,19H,11-13,22H2,1H3. The minimum atomic E-state index is -0.305. The molecule has 0 aliphatic carbocycles. The minimum absolute atomic E-state index is 0.138. The average Bonchev–Trinajstić information content (AvgIpc) is 3.02. The third-order valence-electron chi connectivity index (χ3n) is 4.69. The van der Waals surface area contributed by atoms with Gasteiger partial charge in [0.15, 0.2) is 0 Å². The summed E-state index contributed by atoms with van der Waals surface area (Å²) < 4.78 is 0. The molecule has 1 fully saturated rings. The Hall–Kier alpha value is -1.49. The van der Waals surface area contributed by atoms with Crippen LogP contribution in [0.15, 0.2) is 59.5 Å². The molecule has 2 aromatic carbocycles. The van der Waals surface area contributed by atoms with Crippen LogP contribution < -0.4 is 5.73 Å². The summed E-state index contributed by atoms with van der Waals surface area (Å²) in [7, 11) is 0. The second-order valence-corrected chi connectivity index (χ2v) is 8.07. The molecule has 1 aliphatic heterocycles. The summed E-state index contributed by atoms with van der Waals surface area (Å²) in [5, 5.41) is 0.371. The Morgan fingerprint density at radius 3 is 2.56 bits per heavy atom. The Balaban J connectivity index is 1.89. The highest BCUT2D eigenvalue weighted by Crippen LogP contribution is 2.41. The number of carbonyl (C=O) groups excluding carboxylic acids is 1. The van der Waals surface area contributed by atoms with Crippen LogP contribution in [0.3, 0.4) is 0 Å². The lowest BCUT2D eigenvalue weighted by Crippen LogP contribution is -2.37. The molecular formula is C20H23ClN2OS. The van der Waals surface area contributed by atoms with Gasteiger partial charge in [0.1, 0.15) is 5.25 Å². The van der Waals surface area contributed by atoms with Crippen molar-refractivity contribution >= 4 is 29.3 Å². The molecule has 0 radical (unpaired) electrons. The number of thioether (sulfide) groups is 1. The van der Waals surface area contributed by atoms with E-state index < -0.39 is 0 Å². The van der Waals surface area contributed by atoms with Crippen molar-refractivity contribution in [3.63, 3.8) is 0 Å². The molecule has 1 saturated heterocycles. The molecule has 0 aromatic heterocycles. The van der Waals surface area contributed by atoms with Crippen molar-refractivity contribution in [1.82, 2.24) is 4.90 Å². The number of nitrogens with zero attached hydrogens (tertiary/aromatic N) is 1. The number of nitrogens with two attached hydrogens (primary N) is 1. The predicted molar refractivity (Wildman–Crippen MR) is 105 cm³/mol. The van der Waals surface area contributed by atoms with Gasteiger partial charge in [-0.15, -0.1) is 11.8 Å². The van der Waals surface area contributed by atoms with Gasteiger partial charge in [0, 0.05) is 17.5 Å². The number of hydrogen-bond donors (Lipinski definition) is 1. The number of amides is 1. The van der Waals surface area contributed by atoms with Crippen molar-refractivity contribution in [1.29, 1.82) is 0 Å². The van der Waals surface area contributed by atoms with E-state index in [1.807, 2.05) is 59.5 Å². The molecule has 5 heteroatoms. The molecule has 1 amide bonds. The minimum Gasteiger partial charge on any atom is -0.338 e. The van der Waals surface area contributed by atoms with Crippen molar-refractivity contribution in [2.24, 2.45) is 11.7 Å². The highest BCUT2D eigenvalue weighted by molar-refractivity contribution is 8.00. The zero-order valence-corrected chi connectivity index (χ0v) is 15.8. The maximum absolute atomic E-state index is 13.4. The van der Waals surface area contributed by atoms with Crippen LogP contribution in [0.2, 0.25) is 5.02 Å². The van der Waals surface area contributed by atoms with Crippen molar-refractivity contribution in [2.75, 3.05) is 13.1 Å². The maximum Gasteiger partial charge on any atom is 0.240 e. The number of likely N-dealkylation sites (tertiary alicyclic amines) is 1. The van der Waals surface area contributed by atoms with Crippen LogP contribution in [0.5, 0.6) is 0 Å². The highest BCUT2D eigenvalue weighted by atomic mass is 35.5. The lowest BCUT2D eigenvalue weighted by Gasteiger charge is -2.27. The molecule has 3 rings (SSSR count). The van der Waals surface area contributed by atoms with E-state index in [9.17, 15) is 4.79 Å². The third-order valence-corrected chi connectivity index (χ3v) is 6.45. The zero-order valence-electron chi connectivity index (χ0n) is 14.3. The van der Waals surface area contributed by atoms with Gasteiger partial charge in [-0.2, -0.15) is 0 Å². The Kier molecular flexibility index (Phi) is 6.05. The largest absolute Gasteiger partial charge is 0.338 e. The van der Waals surface area contributed by atoms with E-state index >= 15 is 0 Å². The fraction of sp³-hybridized carbons (Fsp3) is 0.350. The first-order valence-corrected chi connectivity index (χ1v) is 9.82. The van der Waals surface area contributed by atoms with E-state index in [4.69, 9.17) is 17.3 Å². The van der Waals surface area contributed by atoms with E-state index in [1.54, 1.807) is 0 Å². The Morgan fingerprint density at radius 2 is 1.92 bits per heavy atom. The number of halogens is 1. The van der Waals surface area contributed by atoms with Gasteiger partial charge in [-0.1, -0.05) is 54.1 Å². The lowest BCUT2D eigenvalue weighted by molar-refractivity contribution is -0.131. The van der Waals surface area contributed by atoms with Crippen LogP contribution in [-0.4, -0.2) is 29.9 Å². The maximum atomic E-state index is 13.4. The van der Waals surface area contributed by atoms with E-state index in [0.29, 0.717) is 17.5 Å². The molecule has 0 spiro atoms. The van der Waals surface area contributed by atoms with E-state index in [1.165, 1.54) is 11.8 Å². The van der Waals surface area contributed by atoms with Gasteiger partial charge < -0.3 is 10.6 Å². The van der Waals surface area contributed by atoms with E-state index in [2.05, 4.69) is 6.92 Å². The first-order chi connectivity index (χ1) is 12.1. The van der Waals surface area contributed by atoms with Gasteiger partial charge in [-0.25, -0.2) is 0 Å². The van der Waals surface area contributed by atoms with Crippen molar-refractivity contribution in [3.05, 3.63) is 65.2 Å². The van der Waals surface area contributed by atoms with Crippen LogP contribution in [-0.2, 0) is 4.79 Å². The molecule has 0 bridgehead atoms. The summed E-state index contributed by atoms with van der Waals surface area (Å²) in [5.74, 6) is 0.528. The van der Waals surface area contributed by atoms with Crippen LogP contribution in [0.4, 0.5) is 0 Å². The summed E-state index contributed by atoms with van der Waals surface area (Å²) in [6.07, 6.45) is 0.973. The van der Waals surface area contributed by atoms with Crippen molar-refractivity contribution < 1.29 is 4.79 Å². The fourth-order valence-electron chi connectivity index (χ4n) is 3.33. The Morgan fingerprint density at radius 1 is 1.24 bits per heavy atom. The fourth-order valence-corrected chi connectivity index (χ4v) is 4.72. The van der Waals surface area contributed by atoms with E-state index in [0.717, 1.165) is 23.4 Å². The summed E-state index contributed by atoms with van der Waals surface area (Å²) >= 11 is 7.85. The predicted octanol–water partition coefficient (Wildman–Crippen LogP) is 4.37. The summed E-state index contributed by atoms with van der Waals surface area (Å²) in [4.78, 5) is 16.3.